The second kappa shape index (κ2) is 15.5. The number of rotatable bonds is 16. The number of nitrogen functional groups attached to an aromatic ring is 2. The Morgan fingerprint density at radius 3 is 1.31 bits per heavy atom. The molecule has 3 nitrogen and oxygen atoms in total. The number of hydrogen-bond acceptors (Lipinski definition) is 5. The molecule has 0 saturated carbocycles. The fourth-order valence-electron chi connectivity index (χ4n) is 3.16. The maximum absolute atomic E-state index is 5.71. The molecule has 2 rings (SSSR count). The van der Waals surface area contributed by atoms with E-state index in [4.69, 9.17) is 15.1 Å². The number of benzene rings is 2. The Morgan fingerprint density at radius 1 is 0.517 bits per heavy atom. The topological polar surface area (TPSA) is 61.3 Å². The summed E-state index contributed by atoms with van der Waals surface area (Å²) in [5.74, 6) is 2.19. The number of nitrogens with two attached hydrogens (primary N) is 2. The zero-order valence-corrected chi connectivity index (χ0v) is 19.1. The molecule has 2 aromatic carbocycles. The van der Waals surface area contributed by atoms with Crippen LogP contribution in [0, 0.1) is 0 Å². The molecule has 5 heteroatoms. The standard InChI is InChI=1S/C24H36N2OS2/c25-23-15-11-21(12-16-23)9-5-1-3-7-19-28-27-29-20-8-4-2-6-10-22-13-17-24(26)18-14-22/h11-18H,1-10,19-20,25-26H2. The van der Waals surface area contributed by atoms with Crippen LogP contribution in [0.2, 0.25) is 0 Å². The van der Waals surface area contributed by atoms with Gasteiger partial charge in [-0.25, -0.2) is 3.63 Å². The third-order valence-corrected chi connectivity index (χ3v) is 6.62. The Kier molecular flexibility index (Phi) is 12.8. The van der Waals surface area contributed by atoms with Gasteiger partial charge >= 0.3 is 0 Å². The van der Waals surface area contributed by atoms with Gasteiger partial charge in [0.25, 0.3) is 0 Å². The number of aryl methyl sites for hydroxylation is 2. The van der Waals surface area contributed by atoms with Crippen LogP contribution in [0.3, 0.4) is 0 Å². The molecule has 160 valence electrons. The van der Waals surface area contributed by atoms with Crippen molar-refractivity contribution in [3.63, 3.8) is 0 Å². The van der Waals surface area contributed by atoms with Gasteiger partial charge in [0, 0.05) is 47.0 Å². The molecule has 2 aromatic rings. The van der Waals surface area contributed by atoms with E-state index in [1.165, 1.54) is 62.5 Å². The van der Waals surface area contributed by atoms with Crippen molar-refractivity contribution < 1.29 is 3.63 Å². The number of hydrogen-bond donors (Lipinski definition) is 2. The predicted octanol–water partition coefficient (Wildman–Crippen LogP) is 7.07. The minimum atomic E-state index is 0.845. The van der Waals surface area contributed by atoms with E-state index in [1.54, 1.807) is 24.1 Å². The van der Waals surface area contributed by atoms with Crippen molar-refractivity contribution in [1.82, 2.24) is 0 Å². The summed E-state index contributed by atoms with van der Waals surface area (Å²) in [6, 6.07) is 16.5. The fraction of sp³-hybridized carbons (Fsp3) is 0.500. The lowest BCUT2D eigenvalue weighted by atomic mass is 10.1. The highest BCUT2D eigenvalue weighted by molar-refractivity contribution is 8.07. The first-order valence-electron chi connectivity index (χ1n) is 10.8. The summed E-state index contributed by atoms with van der Waals surface area (Å²) in [6.07, 6.45) is 12.4. The minimum Gasteiger partial charge on any atom is -0.399 e. The van der Waals surface area contributed by atoms with Gasteiger partial charge in [0.05, 0.1) is 0 Å². The molecule has 0 radical (unpaired) electrons. The summed E-state index contributed by atoms with van der Waals surface area (Å²) in [4.78, 5) is 0. The lowest BCUT2D eigenvalue weighted by Gasteiger charge is -2.04. The number of unbranched alkanes of at least 4 members (excludes halogenated alkanes) is 6. The third kappa shape index (κ3) is 12.1. The molecule has 0 unspecified atom stereocenters. The third-order valence-electron chi connectivity index (χ3n) is 4.94. The van der Waals surface area contributed by atoms with Crippen LogP contribution < -0.4 is 11.5 Å². The summed E-state index contributed by atoms with van der Waals surface area (Å²) < 4.78 is 5.62. The zero-order chi connectivity index (χ0) is 20.6. The van der Waals surface area contributed by atoms with Gasteiger partial charge in [-0.3, -0.25) is 0 Å². The highest BCUT2D eigenvalue weighted by Gasteiger charge is 1.98. The van der Waals surface area contributed by atoms with Crippen molar-refractivity contribution >= 4 is 35.5 Å². The highest BCUT2D eigenvalue weighted by Crippen LogP contribution is 2.19. The first kappa shape index (κ1) is 24.0. The maximum atomic E-state index is 5.71. The van der Waals surface area contributed by atoms with Gasteiger partial charge in [0.15, 0.2) is 0 Å². The van der Waals surface area contributed by atoms with Gasteiger partial charge in [-0.05, 0) is 73.9 Å². The monoisotopic (exact) mass is 432 g/mol. The van der Waals surface area contributed by atoms with E-state index < -0.39 is 0 Å². The smallest absolute Gasteiger partial charge is 0.0314 e. The first-order valence-corrected chi connectivity index (χ1v) is 12.7. The van der Waals surface area contributed by atoms with Gasteiger partial charge in [0.2, 0.25) is 0 Å². The second-order valence-electron chi connectivity index (χ2n) is 7.52. The molecule has 0 saturated heterocycles. The van der Waals surface area contributed by atoms with E-state index in [0.717, 1.165) is 35.7 Å². The molecule has 29 heavy (non-hydrogen) atoms. The number of anilines is 2. The van der Waals surface area contributed by atoms with Crippen LogP contribution in [0.5, 0.6) is 0 Å². The SMILES string of the molecule is Nc1ccc(CCCCCCSOSCCCCCCc2ccc(N)cc2)cc1. The normalized spacial score (nSPS) is 11.0. The van der Waals surface area contributed by atoms with E-state index in [-0.39, 0.29) is 0 Å². The summed E-state index contributed by atoms with van der Waals surface area (Å²) in [5.41, 5.74) is 15.9. The molecule has 0 aliphatic rings. The van der Waals surface area contributed by atoms with Crippen LogP contribution in [0.1, 0.15) is 62.5 Å². The van der Waals surface area contributed by atoms with Crippen LogP contribution in [0.4, 0.5) is 11.4 Å². The molecule has 0 atom stereocenters. The van der Waals surface area contributed by atoms with Crippen molar-refractivity contribution in [3.8, 4) is 0 Å². The molecule has 0 fully saturated rings. The molecule has 0 heterocycles. The van der Waals surface area contributed by atoms with Gasteiger partial charge < -0.3 is 11.5 Å². The fourth-order valence-corrected chi connectivity index (χ4v) is 4.62. The van der Waals surface area contributed by atoms with Crippen molar-refractivity contribution in [3.05, 3.63) is 59.7 Å². The van der Waals surface area contributed by atoms with Crippen LogP contribution >= 0.6 is 24.1 Å². The molecule has 0 spiro atoms. The molecule has 4 N–H and O–H groups in total. The largest absolute Gasteiger partial charge is 0.399 e. The minimum absolute atomic E-state index is 0.845. The lowest BCUT2D eigenvalue weighted by molar-refractivity contribution is 0.658. The molecule has 0 aliphatic heterocycles. The lowest BCUT2D eigenvalue weighted by Crippen LogP contribution is -1.89. The Hall–Kier alpha value is -1.30. The van der Waals surface area contributed by atoms with Gasteiger partial charge in [-0.15, -0.1) is 0 Å². The second-order valence-corrected chi connectivity index (χ2v) is 9.36. The van der Waals surface area contributed by atoms with Crippen LogP contribution in [-0.4, -0.2) is 11.5 Å². The summed E-state index contributed by atoms with van der Waals surface area (Å²) >= 11 is 3.23. The van der Waals surface area contributed by atoms with Gasteiger partial charge in [-0.2, -0.15) is 0 Å². The van der Waals surface area contributed by atoms with Crippen LogP contribution in [-0.2, 0) is 16.5 Å². The van der Waals surface area contributed by atoms with Crippen LogP contribution in [0.15, 0.2) is 48.5 Å². The summed E-state index contributed by atoms with van der Waals surface area (Å²) in [6.45, 7) is 0. The van der Waals surface area contributed by atoms with E-state index in [1.807, 2.05) is 24.3 Å². The van der Waals surface area contributed by atoms with Gasteiger partial charge in [0.1, 0.15) is 0 Å². The Balaban J connectivity index is 1.29. The van der Waals surface area contributed by atoms with Crippen molar-refractivity contribution in [2.75, 3.05) is 23.0 Å². The van der Waals surface area contributed by atoms with Crippen molar-refractivity contribution in [2.24, 2.45) is 0 Å². The molecular formula is C24H36N2OS2. The summed E-state index contributed by atoms with van der Waals surface area (Å²) in [5, 5.41) is 0. The quantitative estimate of drug-likeness (QED) is 0.169. The first-order chi connectivity index (χ1) is 14.2. The molecular weight excluding hydrogens is 396 g/mol. The Bertz CT molecular complexity index is 589. The average molecular weight is 433 g/mol. The van der Waals surface area contributed by atoms with E-state index in [0.29, 0.717) is 0 Å². The Morgan fingerprint density at radius 2 is 0.897 bits per heavy atom. The van der Waals surface area contributed by atoms with Crippen molar-refractivity contribution in [2.45, 2.75) is 64.2 Å². The molecule has 0 aromatic heterocycles. The van der Waals surface area contributed by atoms with Gasteiger partial charge in [-0.1, -0.05) is 49.9 Å². The van der Waals surface area contributed by atoms with E-state index in [2.05, 4.69) is 24.3 Å². The zero-order valence-electron chi connectivity index (χ0n) is 17.5. The molecule has 0 aliphatic carbocycles. The predicted molar refractivity (Wildman–Crippen MR) is 132 cm³/mol. The molecule has 0 amide bonds. The molecule has 0 bridgehead atoms. The summed E-state index contributed by atoms with van der Waals surface area (Å²) in [7, 11) is 0. The van der Waals surface area contributed by atoms with E-state index in [9.17, 15) is 0 Å². The van der Waals surface area contributed by atoms with Crippen molar-refractivity contribution in [1.29, 1.82) is 0 Å². The highest BCUT2D eigenvalue weighted by atomic mass is 32.2. The Labute approximate surface area is 185 Å². The maximum Gasteiger partial charge on any atom is 0.0314 e. The van der Waals surface area contributed by atoms with Crippen LogP contribution in [0.25, 0.3) is 0 Å². The van der Waals surface area contributed by atoms with E-state index >= 15 is 0 Å². The average Bonchev–Trinajstić information content (AvgIpc) is 2.73.